The minimum atomic E-state index is -3.98. The molecule has 2 aromatic carbocycles. The van der Waals surface area contributed by atoms with Crippen LogP contribution in [0.4, 0.5) is 5.69 Å². The highest BCUT2D eigenvalue weighted by atomic mass is 35.5. The molecule has 1 amide bonds. The number of piperazine rings is 1. The standard InChI is InChI=1S/C41H54ClN5O6S/c1-29-7-6-15-41(51-3,26-45-17-19-47(20-18-45)40(25-43)27-52-28-40)36-13-10-33(36)23-46-16-5-4-8-31-21-35(42)12-9-34(31)24-53-38-14-11-32(22-37(38)46)39(48)44-54(49,50)30(29)2/h6,9,11-12,14-15,21-22,29-30,33,36H,4-5,7-8,10,13,16-20,23-24,26-28H2,1-3H3,(H,44,48)/b15-6+/t29?,30-,33+,36-,41?/m1/s1. The van der Waals surface area contributed by atoms with E-state index in [-0.39, 0.29) is 17.4 Å². The highest BCUT2D eigenvalue weighted by Gasteiger charge is 2.50. The van der Waals surface area contributed by atoms with Crippen LogP contribution in [0.15, 0.2) is 48.6 Å². The Labute approximate surface area is 325 Å². The summed E-state index contributed by atoms with van der Waals surface area (Å²) in [7, 11) is -2.17. The van der Waals surface area contributed by atoms with Crippen molar-refractivity contribution in [3.8, 4) is 11.8 Å². The number of sulfonamides is 1. The van der Waals surface area contributed by atoms with Gasteiger partial charge in [-0.2, -0.15) is 5.26 Å². The molecule has 5 aliphatic rings. The first-order valence-electron chi connectivity index (χ1n) is 19.5. The topological polar surface area (TPSA) is 124 Å². The second-order valence-corrected chi connectivity index (χ2v) is 18.6. The van der Waals surface area contributed by atoms with Crippen LogP contribution in [0.5, 0.6) is 5.75 Å². The van der Waals surface area contributed by atoms with Crippen molar-refractivity contribution in [1.82, 2.24) is 14.5 Å². The zero-order chi connectivity index (χ0) is 38.1. The highest BCUT2D eigenvalue weighted by Crippen LogP contribution is 2.47. The van der Waals surface area contributed by atoms with Crippen molar-refractivity contribution in [2.75, 3.05) is 71.0 Å². The lowest BCUT2D eigenvalue weighted by atomic mass is 9.63. The third kappa shape index (κ3) is 7.91. The summed E-state index contributed by atoms with van der Waals surface area (Å²) in [4.78, 5) is 20.7. The van der Waals surface area contributed by atoms with E-state index < -0.39 is 32.3 Å². The van der Waals surface area contributed by atoms with Crippen molar-refractivity contribution < 1.29 is 27.4 Å². The van der Waals surface area contributed by atoms with E-state index in [0.29, 0.717) is 49.5 Å². The number of nitrogens with one attached hydrogen (secondary N) is 1. The largest absolute Gasteiger partial charge is 0.487 e. The quantitative estimate of drug-likeness (QED) is 0.402. The number of halogens is 1. The molecule has 0 spiro atoms. The maximum Gasteiger partial charge on any atom is 0.264 e. The van der Waals surface area contributed by atoms with E-state index in [0.717, 1.165) is 82.6 Å². The number of aryl methyl sites for hydroxylation is 1. The monoisotopic (exact) mass is 779 g/mol. The number of fused-ring (bicyclic) bond motifs is 3. The highest BCUT2D eigenvalue weighted by molar-refractivity contribution is 7.90. The maximum atomic E-state index is 13.6. The van der Waals surface area contributed by atoms with Gasteiger partial charge >= 0.3 is 0 Å². The Morgan fingerprint density at radius 2 is 1.83 bits per heavy atom. The summed E-state index contributed by atoms with van der Waals surface area (Å²) in [6, 6.07) is 13.7. The Bertz CT molecular complexity index is 1870. The lowest BCUT2D eigenvalue weighted by molar-refractivity contribution is -0.129. The minimum Gasteiger partial charge on any atom is -0.487 e. The number of hydrogen-bond acceptors (Lipinski definition) is 10. The number of carbonyl (C=O) groups is 1. The van der Waals surface area contributed by atoms with Crippen molar-refractivity contribution in [2.24, 2.45) is 17.8 Å². The molecular formula is C41H54ClN5O6S. The Morgan fingerprint density at radius 1 is 1.04 bits per heavy atom. The molecule has 5 atom stereocenters. The van der Waals surface area contributed by atoms with Crippen molar-refractivity contribution in [1.29, 1.82) is 5.26 Å². The number of nitrogens with zero attached hydrogens (tertiary/aromatic N) is 4. The summed E-state index contributed by atoms with van der Waals surface area (Å²) in [6.07, 6.45) is 9.63. The second kappa shape index (κ2) is 16.1. The Hall–Kier alpha value is -3.18. The van der Waals surface area contributed by atoms with E-state index in [4.69, 9.17) is 25.8 Å². The van der Waals surface area contributed by atoms with Gasteiger partial charge in [0.15, 0.2) is 5.54 Å². The van der Waals surface area contributed by atoms with Crippen LogP contribution in [-0.4, -0.2) is 107 Å². The van der Waals surface area contributed by atoms with E-state index >= 15 is 0 Å². The number of nitriles is 1. The van der Waals surface area contributed by atoms with Crippen molar-refractivity contribution in [3.05, 3.63) is 70.3 Å². The predicted octanol–water partition coefficient (Wildman–Crippen LogP) is 5.43. The molecule has 1 N–H and O–H groups in total. The smallest absolute Gasteiger partial charge is 0.264 e. The van der Waals surface area contributed by atoms with E-state index in [1.54, 1.807) is 25.1 Å². The van der Waals surface area contributed by atoms with Gasteiger partial charge in [-0.3, -0.25) is 14.6 Å². The molecule has 13 heteroatoms. The average molecular weight is 780 g/mol. The van der Waals surface area contributed by atoms with Gasteiger partial charge in [0.1, 0.15) is 18.0 Å². The van der Waals surface area contributed by atoms with Gasteiger partial charge in [-0.1, -0.05) is 36.7 Å². The van der Waals surface area contributed by atoms with Crippen molar-refractivity contribution in [2.45, 2.75) is 75.4 Å². The minimum absolute atomic E-state index is 0.215. The summed E-state index contributed by atoms with van der Waals surface area (Å²) in [5.74, 6) is 0.280. The summed E-state index contributed by atoms with van der Waals surface area (Å²) >= 11 is 6.40. The molecule has 1 aliphatic carbocycles. The molecule has 0 radical (unpaired) electrons. The van der Waals surface area contributed by atoms with Gasteiger partial charge in [-0.15, -0.1) is 0 Å². The zero-order valence-electron chi connectivity index (χ0n) is 31.8. The van der Waals surface area contributed by atoms with Gasteiger partial charge in [0.25, 0.3) is 5.91 Å². The van der Waals surface area contributed by atoms with Crippen LogP contribution in [0.25, 0.3) is 0 Å². The summed E-state index contributed by atoms with van der Waals surface area (Å²) < 4.78 is 48.2. The molecule has 4 aliphatic heterocycles. The van der Waals surface area contributed by atoms with Gasteiger partial charge in [-0.25, -0.2) is 13.1 Å². The van der Waals surface area contributed by atoms with Crippen LogP contribution in [0, 0.1) is 29.1 Å². The number of carbonyl (C=O) groups excluding carboxylic acids is 1. The van der Waals surface area contributed by atoms with Crippen LogP contribution in [-0.2, 0) is 32.5 Å². The SMILES string of the molecule is COC1(CN2CCN(C3(C#N)COC3)CC2)/C=C/CC(C)[C@@H](C)S(=O)(=O)NC(=O)c2ccc3c(c2)N(CCCCc2cc(Cl)ccc2CO3)C[C@@H]2CC[C@H]21. The van der Waals surface area contributed by atoms with Gasteiger partial charge < -0.3 is 19.1 Å². The molecule has 7 rings (SSSR count). The molecule has 4 heterocycles. The number of amides is 1. The number of ether oxygens (including phenoxy) is 3. The van der Waals surface area contributed by atoms with Crippen LogP contribution < -0.4 is 14.4 Å². The van der Waals surface area contributed by atoms with Gasteiger partial charge in [0.05, 0.1) is 30.2 Å². The first-order chi connectivity index (χ1) is 26.0. The summed E-state index contributed by atoms with van der Waals surface area (Å²) in [5, 5.41) is 9.81. The molecule has 0 aromatic heterocycles. The fraction of sp³-hybridized carbons (Fsp3) is 0.610. The molecule has 2 bridgehead atoms. The number of rotatable bonds is 4. The number of hydrogen-bond donors (Lipinski definition) is 1. The van der Waals surface area contributed by atoms with Crippen molar-refractivity contribution in [3.63, 3.8) is 0 Å². The van der Waals surface area contributed by atoms with Gasteiger partial charge in [0.2, 0.25) is 10.0 Å². The van der Waals surface area contributed by atoms with Crippen molar-refractivity contribution >= 4 is 33.2 Å². The molecule has 292 valence electrons. The zero-order valence-corrected chi connectivity index (χ0v) is 33.3. The first kappa shape index (κ1) is 39.1. The van der Waals surface area contributed by atoms with Crippen LogP contribution in [0.2, 0.25) is 5.02 Å². The van der Waals surface area contributed by atoms with E-state index in [9.17, 15) is 18.5 Å². The van der Waals surface area contributed by atoms with E-state index in [2.05, 4.69) is 37.6 Å². The van der Waals surface area contributed by atoms with Gasteiger partial charge in [0, 0.05) is 63.5 Å². The molecule has 2 aromatic rings. The third-order valence-corrected chi connectivity index (χ3v) is 15.0. The fourth-order valence-electron chi connectivity index (χ4n) is 8.93. The first-order valence-corrected chi connectivity index (χ1v) is 21.4. The summed E-state index contributed by atoms with van der Waals surface area (Å²) in [6.45, 7) is 10.3. The molecule has 11 nitrogen and oxygen atoms in total. The molecule has 1 saturated carbocycles. The average Bonchev–Trinajstić information content (AvgIpc) is 3.16. The van der Waals surface area contributed by atoms with Gasteiger partial charge in [-0.05, 0) is 105 Å². The lowest BCUT2D eigenvalue weighted by Gasteiger charge is -2.53. The number of benzene rings is 2. The Balaban J connectivity index is 1.22. The lowest BCUT2D eigenvalue weighted by Crippen LogP contribution is -2.66. The normalized spacial score (nSPS) is 31.1. The molecular weight excluding hydrogens is 726 g/mol. The van der Waals surface area contributed by atoms with Crippen LogP contribution in [0.3, 0.4) is 0 Å². The number of anilines is 1. The molecule has 2 saturated heterocycles. The van der Waals surface area contributed by atoms with Crippen LogP contribution in [0.1, 0.15) is 67.4 Å². The maximum absolute atomic E-state index is 13.6. The Kier molecular flexibility index (Phi) is 11.7. The summed E-state index contributed by atoms with van der Waals surface area (Å²) in [5.41, 5.74) is 2.20. The fourth-order valence-corrected chi connectivity index (χ4v) is 10.4. The third-order valence-electron chi connectivity index (χ3n) is 12.9. The molecule has 54 heavy (non-hydrogen) atoms. The Morgan fingerprint density at radius 3 is 2.52 bits per heavy atom. The number of methoxy groups -OCH3 is 1. The van der Waals surface area contributed by atoms with E-state index in [1.165, 1.54) is 5.56 Å². The predicted molar refractivity (Wildman–Crippen MR) is 209 cm³/mol. The van der Waals surface area contributed by atoms with Crippen LogP contribution >= 0.6 is 11.6 Å². The number of allylic oxidation sites excluding steroid dienone is 1. The van der Waals surface area contributed by atoms with E-state index in [1.807, 2.05) is 32.2 Å². The molecule has 3 fully saturated rings. The second-order valence-electron chi connectivity index (χ2n) is 16.1. The molecule has 2 unspecified atom stereocenters.